The quantitative estimate of drug-likeness (QED) is 0.306. The summed E-state index contributed by atoms with van der Waals surface area (Å²) in [5.41, 5.74) is 2.50. The molecule has 0 aliphatic rings. The van der Waals surface area contributed by atoms with Crippen molar-refractivity contribution in [3.8, 4) is 0 Å². The van der Waals surface area contributed by atoms with Crippen molar-refractivity contribution < 1.29 is 4.79 Å². The van der Waals surface area contributed by atoms with Gasteiger partial charge >= 0.3 is 0 Å². The first-order valence-electron chi connectivity index (χ1n) is 10.1. The highest BCUT2D eigenvalue weighted by molar-refractivity contribution is 7.99. The van der Waals surface area contributed by atoms with Gasteiger partial charge in [0.1, 0.15) is 0 Å². The van der Waals surface area contributed by atoms with Gasteiger partial charge in [0, 0.05) is 12.2 Å². The van der Waals surface area contributed by atoms with E-state index in [1.54, 1.807) is 4.57 Å². The molecule has 0 radical (unpaired) electrons. The number of aromatic nitrogens is 2. The molecule has 2 aromatic carbocycles. The minimum absolute atomic E-state index is 0.0336. The first-order chi connectivity index (χ1) is 14.1. The van der Waals surface area contributed by atoms with Gasteiger partial charge < -0.3 is 5.32 Å². The fraction of sp³-hybridized carbons (Fsp3) is 0.348. The number of carbonyl (C=O) groups excluding carboxylic acids is 1. The molecule has 0 spiro atoms. The molecule has 1 aromatic heterocycles. The molecule has 5 nitrogen and oxygen atoms in total. The SMILES string of the molecule is CCCCCCn1c(SCC(=O)Nc2cccc(C)c2)nc2ccccc2c1=O. The molecule has 6 heteroatoms. The smallest absolute Gasteiger partial charge is 0.262 e. The molecule has 0 unspecified atom stereocenters. The monoisotopic (exact) mass is 409 g/mol. The fourth-order valence-corrected chi connectivity index (χ4v) is 4.03. The molecular formula is C23H27N3O2S. The number of benzene rings is 2. The molecule has 0 saturated carbocycles. The van der Waals surface area contributed by atoms with Crippen molar-refractivity contribution in [2.75, 3.05) is 11.1 Å². The molecule has 1 N–H and O–H groups in total. The average Bonchev–Trinajstić information content (AvgIpc) is 2.71. The first kappa shape index (κ1) is 21.1. The van der Waals surface area contributed by atoms with Crippen LogP contribution in [0.5, 0.6) is 0 Å². The summed E-state index contributed by atoms with van der Waals surface area (Å²) in [6.45, 7) is 4.77. The number of nitrogens with zero attached hydrogens (tertiary/aromatic N) is 2. The zero-order chi connectivity index (χ0) is 20.6. The van der Waals surface area contributed by atoms with E-state index < -0.39 is 0 Å². The second-order valence-electron chi connectivity index (χ2n) is 7.14. The van der Waals surface area contributed by atoms with Gasteiger partial charge in [0.25, 0.3) is 5.56 Å². The molecule has 1 heterocycles. The lowest BCUT2D eigenvalue weighted by atomic mass is 10.2. The molecular weight excluding hydrogens is 382 g/mol. The van der Waals surface area contributed by atoms with E-state index in [-0.39, 0.29) is 17.2 Å². The average molecular weight is 410 g/mol. The van der Waals surface area contributed by atoms with E-state index in [0.717, 1.165) is 36.9 Å². The highest BCUT2D eigenvalue weighted by Crippen LogP contribution is 2.19. The van der Waals surface area contributed by atoms with Gasteiger partial charge in [-0.1, -0.05) is 62.2 Å². The molecule has 0 atom stereocenters. The summed E-state index contributed by atoms with van der Waals surface area (Å²) in [6, 6.07) is 15.1. The van der Waals surface area contributed by atoms with Gasteiger partial charge in [0.15, 0.2) is 5.16 Å². The van der Waals surface area contributed by atoms with Gasteiger partial charge in [-0.05, 0) is 43.2 Å². The van der Waals surface area contributed by atoms with E-state index in [4.69, 9.17) is 0 Å². The van der Waals surface area contributed by atoms with E-state index in [1.807, 2.05) is 55.5 Å². The van der Waals surface area contributed by atoms with E-state index in [9.17, 15) is 9.59 Å². The largest absolute Gasteiger partial charge is 0.325 e. The Labute approximate surface area is 175 Å². The minimum atomic E-state index is -0.111. The Morgan fingerprint density at radius 2 is 1.93 bits per heavy atom. The maximum Gasteiger partial charge on any atom is 0.262 e. The van der Waals surface area contributed by atoms with Gasteiger partial charge in [-0.3, -0.25) is 14.2 Å². The predicted molar refractivity (Wildman–Crippen MR) is 121 cm³/mol. The second-order valence-corrected chi connectivity index (χ2v) is 8.08. The molecule has 0 fully saturated rings. The summed E-state index contributed by atoms with van der Waals surface area (Å²) >= 11 is 1.31. The number of para-hydroxylation sites is 1. The zero-order valence-corrected chi connectivity index (χ0v) is 17.8. The summed E-state index contributed by atoms with van der Waals surface area (Å²) in [4.78, 5) is 30.1. The second kappa shape index (κ2) is 10.3. The number of carbonyl (C=O) groups is 1. The third-order valence-corrected chi connectivity index (χ3v) is 5.67. The molecule has 3 rings (SSSR count). The minimum Gasteiger partial charge on any atom is -0.325 e. The maximum atomic E-state index is 13.0. The van der Waals surface area contributed by atoms with Crippen LogP contribution in [0.2, 0.25) is 0 Å². The molecule has 0 aliphatic heterocycles. The highest BCUT2D eigenvalue weighted by Gasteiger charge is 2.13. The molecule has 152 valence electrons. The van der Waals surface area contributed by atoms with Crippen LogP contribution in [0.25, 0.3) is 10.9 Å². The van der Waals surface area contributed by atoms with Crippen LogP contribution in [0.4, 0.5) is 5.69 Å². The number of amides is 1. The molecule has 29 heavy (non-hydrogen) atoms. The Morgan fingerprint density at radius 1 is 1.10 bits per heavy atom. The summed E-state index contributed by atoms with van der Waals surface area (Å²) in [5.74, 6) is 0.0915. The lowest BCUT2D eigenvalue weighted by Crippen LogP contribution is -2.24. The van der Waals surface area contributed by atoms with Crippen molar-refractivity contribution in [1.82, 2.24) is 9.55 Å². The molecule has 1 amide bonds. The summed E-state index contributed by atoms with van der Waals surface area (Å²) in [7, 11) is 0. The molecule has 3 aromatic rings. The Bertz CT molecular complexity index is 1050. The van der Waals surface area contributed by atoms with Gasteiger partial charge in [-0.25, -0.2) is 4.98 Å². The van der Waals surface area contributed by atoms with Crippen LogP contribution in [0.3, 0.4) is 0 Å². The van der Waals surface area contributed by atoms with Crippen LogP contribution in [0, 0.1) is 6.92 Å². The fourth-order valence-electron chi connectivity index (χ4n) is 3.20. The number of aryl methyl sites for hydroxylation is 1. The van der Waals surface area contributed by atoms with Crippen LogP contribution in [0.1, 0.15) is 38.2 Å². The third-order valence-electron chi connectivity index (χ3n) is 4.70. The summed E-state index contributed by atoms with van der Waals surface area (Å²) < 4.78 is 1.72. The van der Waals surface area contributed by atoms with Crippen molar-refractivity contribution in [2.45, 2.75) is 51.2 Å². The Kier molecular flexibility index (Phi) is 7.47. The van der Waals surface area contributed by atoms with Gasteiger partial charge in [-0.2, -0.15) is 0 Å². The van der Waals surface area contributed by atoms with Crippen molar-refractivity contribution in [2.24, 2.45) is 0 Å². The van der Waals surface area contributed by atoms with E-state index >= 15 is 0 Å². The van der Waals surface area contributed by atoms with Crippen LogP contribution in [-0.2, 0) is 11.3 Å². The molecule has 0 aliphatic carbocycles. The van der Waals surface area contributed by atoms with E-state index in [2.05, 4.69) is 17.2 Å². The van der Waals surface area contributed by atoms with E-state index in [0.29, 0.717) is 22.6 Å². The normalized spacial score (nSPS) is 11.0. The maximum absolute atomic E-state index is 13.0. The van der Waals surface area contributed by atoms with E-state index in [1.165, 1.54) is 11.8 Å². The number of unbranched alkanes of at least 4 members (excludes halogenated alkanes) is 3. The molecule has 0 saturated heterocycles. The number of anilines is 1. The number of nitrogens with one attached hydrogen (secondary N) is 1. The Balaban J connectivity index is 1.77. The predicted octanol–water partition coefficient (Wildman–Crippen LogP) is 5.02. The lowest BCUT2D eigenvalue weighted by Gasteiger charge is -2.13. The van der Waals surface area contributed by atoms with Crippen molar-refractivity contribution in [3.05, 3.63) is 64.4 Å². The number of thioether (sulfide) groups is 1. The lowest BCUT2D eigenvalue weighted by molar-refractivity contribution is -0.113. The van der Waals surface area contributed by atoms with Crippen LogP contribution < -0.4 is 10.9 Å². The van der Waals surface area contributed by atoms with Crippen LogP contribution in [-0.4, -0.2) is 21.2 Å². The summed E-state index contributed by atoms with van der Waals surface area (Å²) in [6.07, 6.45) is 4.30. The van der Waals surface area contributed by atoms with Crippen LogP contribution in [0.15, 0.2) is 58.5 Å². The number of fused-ring (bicyclic) bond motifs is 1. The van der Waals surface area contributed by atoms with Crippen molar-refractivity contribution >= 4 is 34.3 Å². The topological polar surface area (TPSA) is 64.0 Å². The number of rotatable bonds is 9. The van der Waals surface area contributed by atoms with Gasteiger partial charge in [0.05, 0.1) is 16.7 Å². The van der Waals surface area contributed by atoms with Gasteiger partial charge in [0.2, 0.25) is 5.91 Å². The highest BCUT2D eigenvalue weighted by atomic mass is 32.2. The standard InChI is InChI=1S/C23H27N3O2S/c1-3-4-5-8-14-26-22(28)19-12-6-7-13-20(19)25-23(26)29-16-21(27)24-18-11-9-10-17(2)15-18/h6-7,9-13,15H,3-5,8,14,16H2,1-2H3,(H,24,27). The summed E-state index contributed by atoms with van der Waals surface area (Å²) in [5, 5.41) is 4.13. The first-order valence-corrected chi connectivity index (χ1v) is 11.1. The number of hydrogen-bond donors (Lipinski definition) is 1. The Hall–Kier alpha value is -2.60. The molecule has 0 bridgehead atoms. The Morgan fingerprint density at radius 3 is 2.72 bits per heavy atom. The van der Waals surface area contributed by atoms with Crippen LogP contribution >= 0.6 is 11.8 Å². The number of hydrogen-bond acceptors (Lipinski definition) is 4. The van der Waals surface area contributed by atoms with Gasteiger partial charge in [-0.15, -0.1) is 0 Å². The zero-order valence-electron chi connectivity index (χ0n) is 17.0. The third kappa shape index (κ3) is 5.70. The van der Waals surface area contributed by atoms with Crippen molar-refractivity contribution in [1.29, 1.82) is 0 Å². The van der Waals surface area contributed by atoms with Crippen molar-refractivity contribution in [3.63, 3.8) is 0 Å².